The number of carboxylic acids is 1. The van der Waals surface area contributed by atoms with Crippen LogP contribution in [-0.4, -0.2) is 50.2 Å². The molecule has 1 aliphatic heterocycles. The average Bonchev–Trinajstić information content (AvgIpc) is 2.79. The van der Waals surface area contributed by atoms with Gasteiger partial charge in [-0.15, -0.1) is 0 Å². The van der Waals surface area contributed by atoms with Gasteiger partial charge in [0.05, 0.1) is 5.02 Å². The van der Waals surface area contributed by atoms with Crippen LogP contribution in [0.3, 0.4) is 0 Å². The minimum atomic E-state index is -1.75. The Hall–Kier alpha value is -2.05. The molecule has 122 valence electrons. The lowest BCUT2D eigenvalue weighted by Gasteiger charge is -2.35. The second-order valence-corrected chi connectivity index (χ2v) is 6.25. The van der Waals surface area contributed by atoms with Gasteiger partial charge in [-0.2, -0.15) is 0 Å². The van der Waals surface area contributed by atoms with Gasteiger partial charge in [-0.25, -0.2) is 4.79 Å². The van der Waals surface area contributed by atoms with Gasteiger partial charge in [0.15, 0.2) is 5.60 Å². The SMILES string of the molecule is Cn1c(C(=O)N2CCC(O)(C(=O)O)CC2)c(Cl)c2ccccc21. The van der Waals surface area contributed by atoms with Crippen LogP contribution in [0.25, 0.3) is 10.9 Å². The molecule has 0 aliphatic carbocycles. The van der Waals surface area contributed by atoms with Crippen molar-refractivity contribution in [2.45, 2.75) is 18.4 Å². The predicted molar refractivity (Wildman–Crippen MR) is 85.7 cm³/mol. The molecule has 1 amide bonds. The van der Waals surface area contributed by atoms with Crippen molar-refractivity contribution in [3.63, 3.8) is 0 Å². The molecule has 1 fully saturated rings. The molecule has 0 bridgehead atoms. The van der Waals surface area contributed by atoms with Crippen molar-refractivity contribution in [1.82, 2.24) is 9.47 Å². The van der Waals surface area contributed by atoms with Crippen LogP contribution < -0.4 is 0 Å². The highest BCUT2D eigenvalue weighted by Gasteiger charge is 2.41. The Balaban J connectivity index is 1.89. The number of carbonyl (C=O) groups is 2. The second-order valence-electron chi connectivity index (χ2n) is 5.87. The maximum absolute atomic E-state index is 12.8. The van der Waals surface area contributed by atoms with Crippen LogP contribution >= 0.6 is 11.6 Å². The minimum Gasteiger partial charge on any atom is -0.479 e. The van der Waals surface area contributed by atoms with Gasteiger partial charge in [0, 0.05) is 43.9 Å². The number of halogens is 1. The van der Waals surface area contributed by atoms with Crippen LogP contribution in [0.5, 0.6) is 0 Å². The number of para-hydroxylation sites is 1. The molecule has 2 heterocycles. The topological polar surface area (TPSA) is 82.8 Å². The summed E-state index contributed by atoms with van der Waals surface area (Å²) in [5.41, 5.74) is -0.506. The molecule has 6 nitrogen and oxygen atoms in total. The van der Waals surface area contributed by atoms with Gasteiger partial charge in [-0.1, -0.05) is 29.8 Å². The van der Waals surface area contributed by atoms with E-state index in [9.17, 15) is 14.7 Å². The number of hydrogen-bond donors (Lipinski definition) is 2. The van der Waals surface area contributed by atoms with Crippen molar-refractivity contribution >= 4 is 34.4 Å². The summed E-state index contributed by atoms with van der Waals surface area (Å²) in [4.78, 5) is 25.4. The number of nitrogens with zero attached hydrogens (tertiary/aromatic N) is 2. The highest BCUT2D eigenvalue weighted by molar-refractivity contribution is 6.38. The number of piperidine rings is 1. The molecule has 2 N–H and O–H groups in total. The van der Waals surface area contributed by atoms with Crippen molar-refractivity contribution < 1.29 is 19.8 Å². The maximum atomic E-state index is 12.8. The summed E-state index contributed by atoms with van der Waals surface area (Å²) in [6, 6.07) is 7.47. The lowest BCUT2D eigenvalue weighted by Crippen LogP contribution is -2.51. The van der Waals surface area contributed by atoms with Crippen molar-refractivity contribution in [3.8, 4) is 0 Å². The zero-order chi connectivity index (χ0) is 16.8. The molecule has 7 heteroatoms. The lowest BCUT2D eigenvalue weighted by atomic mass is 9.91. The van der Waals surface area contributed by atoms with Gasteiger partial charge in [0.25, 0.3) is 5.91 Å². The second kappa shape index (κ2) is 5.54. The van der Waals surface area contributed by atoms with Crippen molar-refractivity contribution in [2.75, 3.05) is 13.1 Å². The monoisotopic (exact) mass is 336 g/mol. The van der Waals surface area contributed by atoms with Crippen LogP contribution in [0.2, 0.25) is 5.02 Å². The molecule has 0 radical (unpaired) electrons. The highest BCUT2D eigenvalue weighted by Crippen LogP contribution is 2.32. The molecule has 1 aromatic carbocycles. The molecular formula is C16H17ClN2O4. The number of aliphatic carboxylic acids is 1. The third-order valence-electron chi connectivity index (χ3n) is 4.52. The van der Waals surface area contributed by atoms with Crippen LogP contribution in [-0.2, 0) is 11.8 Å². The summed E-state index contributed by atoms with van der Waals surface area (Å²) >= 11 is 6.37. The number of likely N-dealkylation sites (tertiary alicyclic amines) is 1. The maximum Gasteiger partial charge on any atom is 0.335 e. The zero-order valence-corrected chi connectivity index (χ0v) is 13.4. The van der Waals surface area contributed by atoms with E-state index in [1.807, 2.05) is 24.3 Å². The van der Waals surface area contributed by atoms with Gasteiger partial charge in [0.1, 0.15) is 5.69 Å². The molecule has 0 unspecified atom stereocenters. The first kappa shape index (κ1) is 15.8. The number of aryl methyl sites for hydroxylation is 1. The first-order valence-electron chi connectivity index (χ1n) is 7.33. The van der Waals surface area contributed by atoms with Crippen LogP contribution in [0.15, 0.2) is 24.3 Å². The van der Waals surface area contributed by atoms with E-state index in [1.54, 1.807) is 11.6 Å². The van der Waals surface area contributed by atoms with Crippen LogP contribution in [0.4, 0.5) is 0 Å². The Morgan fingerprint density at radius 2 is 1.83 bits per heavy atom. The standard InChI is InChI=1S/C16H17ClN2O4/c1-18-11-5-3-2-4-10(11)12(17)13(18)14(20)19-8-6-16(23,7-9-19)15(21)22/h2-5,23H,6-9H2,1H3,(H,21,22). The van der Waals surface area contributed by atoms with Crippen molar-refractivity contribution in [2.24, 2.45) is 7.05 Å². The molecule has 1 aromatic heterocycles. The Morgan fingerprint density at radius 1 is 1.22 bits per heavy atom. The fourth-order valence-electron chi connectivity index (χ4n) is 3.03. The van der Waals surface area contributed by atoms with Crippen molar-refractivity contribution in [1.29, 1.82) is 0 Å². The zero-order valence-electron chi connectivity index (χ0n) is 12.6. The van der Waals surface area contributed by atoms with Crippen LogP contribution in [0.1, 0.15) is 23.3 Å². The number of rotatable bonds is 2. The Morgan fingerprint density at radius 3 is 2.39 bits per heavy atom. The third kappa shape index (κ3) is 2.48. The molecule has 3 rings (SSSR count). The summed E-state index contributed by atoms with van der Waals surface area (Å²) in [5, 5.41) is 20.2. The minimum absolute atomic E-state index is 0.00956. The summed E-state index contributed by atoms with van der Waals surface area (Å²) in [5.74, 6) is -1.49. The van der Waals surface area contributed by atoms with Gasteiger partial charge < -0.3 is 19.7 Å². The van der Waals surface area contributed by atoms with E-state index >= 15 is 0 Å². The third-order valence-corrected chi connectivity index (χ3v) is 4.91. The summed E-state index contributed by atoms with van der Waals surface area (Å²) < 4.78 is 1.75. The van der Waals surface area contributed by atoms with Gasteiger partial charge in [0.2, 0.25) is 0 Å². The van der Waals surface area contributed by atoms with E-state index in [0.29, 0.717) is 10.7 Å². The molecule has 2 aromatic rings. The molecule has 0 atom stereocenters. The van der Waals surface area contributed by atoms with E-state index in [1.165, 1.54) is 4.90 Å². The number of aliphatic hydroxyl groups is 1. The molecular weight excluding hydrogens is 320 g/mol. The number of carbonyl (C=O) groups excluding carboxylic acids is 1. The summed E-state index contributed by atoms with van der Waals surface area (Å²) in [6.45, 7) is 0.360. The van der Waals surface area contributed by atoms with E-state index in [-0.39, 0.29) is 31.8 Å². The fourth-order valence-corrected chi connectivity index (χ4v) is 3.40. The van der Waals surface area contributed by atoms with Gasteiger partial charge in [-0.05, 0) is 6.07 Å². The summed E-state index contributed by atoms with van der Waals surface area (Å²) in [6.07, 6.45) is 0.0191. The molecule has 1 saturated heterocycles. The first-order chi connectivity index (χ1) is 10.8. The molecule has 0 spiro atoms. The Kier molecular flexibility index (Phi) is 3.82. The number of amides is 1. The lowest BCUT2D eigenvalue weighted by molar-refractivity contribution is -0.162. The van der Waals surface area contributed by atoms with Gasteiger partial charge in [-0.3, -0.25) is 4.79 Å². The van der Waals surface area contributed by atoms with E-state index < -0.39 is 11.6 Å². The average molecular weight is 337 g/mol. The normalized spacial score (nSPS) is 17.4. The van der Waals surface area contributed by atoms with E-state index in [4.69, 9.17) is 16.7 Å². The highest BCUT2D eigenvalue weighted by atomic mass is 35.5. The van der Waals surface area contributed by atoms with Crippen LogP contribution in [0, 0.1) is 0 Å². The molecule has 1 aliphatic rings. The Labute approximate surface area is 137 Å². The number of hydrogen-bond acceptors (Lipinski definition) is 3. The largest absolute Gasteiger partial charge is 0.479 e. The van der Waals surface area contributed by atoms with E-state index in [0.717, 1.165) is 10.9 Å². The quantitative estimate of drug-likeness (QED) is 0.877. The smallest absolute Gasteiger partial charge is 0.335 e. The Bertz CT molecular complexity index is 752. The number of carboxylic acid groups (broad SMARTS) is 1. The van der Waals surface area contributed by atoms with Crippen molar-refractivity contribution in [3.05, 3.63) is 35.0 Å². The molecule has 23 heavy (non-hydrogen) atoms. The van der Waals surface area contributed by atoms with E-state index in [2.05, 4.69) is 0 Å². The number of aromatic nitrogens is 1. The molecule has 0 saturated carbocycles. The fraction of sp³-hybridized carbons (Fsp3) is 0.375. The van der Waals surface area contributed by atoms with Gasteiger partial charge >= 0.3 is 5.97 Å². The summed E-state index contributed by atoms with van der Waals surface area (Å²) in [7, 11) is 1.78. The first-order valence-corrected chi connectivity index (χ1v) is 7.71. The number of fused-ring (bicyclic) bond motifs is 1. The predicted octanol–water partition coefficient (Wildman–Crippen LogP) is 1.88. The number of benzene rings is 1.